The van der Waals surface area contributed by atoms with Crippen molar-refractivity contribution in [2.24, 2.45) is 10.9 Å². The van der Waals surface area contributed by atoms with Crippen LogP contribution in [0.2, 0.25) is 5.82 Å². The fourth-order valence-electron chi connectivity index (χ4n) is 3.68. The Morgan fingerprint density at radius 1 is 1.31 bits per heavy atom. The van der Waals surface area contributed by atoms with E-state index in [1.165, 1.54) is 11.4 Å². The van der Waals surface area contributed by atoms with Crippen LogP contribution in [0.4, 0.5) is 5.13 Å². The van der Waals surface area contributed by atoms with E-state index in [-0.39, 0.29) is 40.7 Å². The van der Waals surface area contributed by atoms with Crippen LogP contribution in [0.1, 0.15) is 47.3 Å². The summed E-state index contributed by atoms with van der Waals surface area (Å²) in [6.45, 7) is 0.683. The summed E-state index contributed by atoms with van der Waals surface area (Å²) >= 11 is 1.11. The van der Waals surface area contributed by atoms with Crippen molar-refractivity contribution in [2.45, 2.75) is 37.9 Å². The molecule has 1 aliphatic rings. The highest BCUT2D eigenvalue weighted by Crippen LogP contribution is 2.36. The van der Waals surface area contributed by atoms with Crippen LogP contribution < -0.4 is 21.4 Å². The van der Waals surface area contributed by atoms with E-state index >= 15 is 0 Å². The Morgan fingerprint density at radius 2 is 2.11 bits per heavy atom. The number of hydrogen-bond donors (Lipinski definition) is 5. The van der Waals surface area contributed by atoms with Gasteiger partial charge >= 0.3 is 13.1 Å². The molecular formula is C22H28BN5O7S. The fourth-order valence-corrected chi connectivity index (χ4v) is 4.23. The average Bonchev–Trinajstić information content (AvgIpc) is 3.27. The molecule has 7 N–H and O–H groups in total. The molecular weight excluding hydrogens is 489 g/mol. The lowest BCUT2D eigenvalue weighted by molar-refractivity contribution is -0.125. The number of aromatic carboxylic acids is 1. The molecule has 3 rings (SSSR count). The number of carbonyl (C=O) groups is 3. The minimum atomic E-state index is -1.41. The molecule has 36 heavy (non-hydrogen) atoms. The van der Waals surface area contributed by atoms with Gasteiger partial charge in [-0.25, -0.2) is 9.78 Å². The summed E-state index contributed by atoms with van der Waals surface area (Å²) in [7, 11) is -1.41. The molecule has 1 aromatic carbocycles. The van der Waals surface area contributed by atoms with Crippen molar-refractivity contribution in [3.63, 3.8) is 0 Å². The van der Waals surface area contributed by atoms with E-state index in [4.69, 9.17) is 21.0 Å². The third kappa shape index (κ3) is 7.26. The highest BCUT2D eigenvalue weighted by atomic mass is 32.1. The summed E-state index contributed by atoms with van der Waals surface area (Å²) < 4.78 is 5.46. The maximum absolute atomic E-state index is 13.1. The number of rotatable bonds is 13. The first kappa shape index (κ1) is 27.1. The maximum atomic E-state index is 13.1. The largest absolute Gasteiger partial charge is 0.535 e. The van der Waals surface area contributed by atoms with Gasteiger partial charge in [-0.2, -0.15) is 0 Å². The van der Waals surface area contributed by atoms with Crippen LogP contribution in [-0.4, -0.2) is 65.3 Å². The molecule has 192 valence electrons. The Bertz CT molecular complexity index is 1130. The van der Waals surface area contributed by atoms with E-state index in [2.05, 4.69) is 15.5 Å². The summed E-state index contributed by atoms with van der Waals surface area (Å²) in [4.78, 5) is 45.8. The lowest BCUT2D eigenvalue weighted by atomic mass is 9.64. The van der Waals surface area contributed by atoms with Gasteiger partial charge in [0.15, 0.2) is 23.2 Å². The van der Waals surface area contributed by atoms with Crippen LogP contribution >= 0.6 is 11.3 Å². The zero-order chi connectivity index (χ0) is 26.1. The Labute approximate surface area is 211 Å². The predicted molar refractivity (Wildman–Crippen MR) is 134 cm³/mol. The van der Waals surface area contributed by atoms with E-state index < -0.39 is 37.2 Å². The number of oxime groups is 1. The molecule has 1 aromatic heterocycles. The first-order valence-corrected chi connectivity index (χ1v) is 12.3. The third-order valence-corrected chi connectivity index (χ3v) is 6.16. The predicted octanol–water partition coefficient (Wildman–Crippen LogP) is 0.834. The van der Waals surface area contributed by atoms with Gasteiger partial charge in [-0.15, -0.1) is 11.3 Å². The number of amides is 1. The van der Waals surface area contributed by atoms with E-state index in [1.54, 1.807) is 12.1 Å². The van der Waals surface area contributed by atoms with Crippen LogP contribution in [-0.2, 0) is 20.8 Å². The quantitative estimate of drug-likeness (QED) is 0.110. The Morgan fingerprint density at radius 3 is 2.81 bits per heavy atom. The number of carboxylic acids is 1. The molecule has 2 heterocycles. The number of hydrogen-bond acceptors (Lipinski definition) is 11. The van der Waals surface area contributed by atoms with Crippen molar-refractivity contribution < 1.29 is 34.0 Å². The van der Waals surface area contributed by atoms with Gasteiger partial charge in [-0.05, 0) is 37.4 Å². The maximum Gasteiger partial charge on any atom is 0.526 e. The fraction of sp³-hybridized carbons (Fsp3) is 0.409. The van der Waals surface area contributed by atoms with Crippen LogP contribution in [0, 0.1) is 0 Å². The number of nitrogen functional groups attached to an aromatic ring is 1. The number of ketones is 1. The van der Waals surface area contributed by atoms with Crippen molar-refractivity contribution >= 4 is 47.0 Å². The first-order valence-electron chi connectivity index (χ1n) is 11.4. The van der Waals surface area contributed by atoms with E-state index in [1.807, 2.05) is 0 Å². The molecule has 12 nitrogen and oxygen atoms in total. The van der Waals surface area contributed by atoms with Crippen LogP contribution in [0.25, 0.3) is 0 Å². The zero-order valence-electron chi connectivity index (χ0n) is 19.5. The number of nitrogens with one attached hydrogen (secondary N) is 1. The zero-order valence-corrected chi connectivity index (χ0v) is 20.3. The van der Waals surface area contributed by atoms with Gasteiger partial charge in [0.25, 0.3) is 5.91 Å². The van der Waals surface area contributed by atoms with Crippen molar-refractivity contribution in [1.82, 2.24) is 10.3 Å². The van der Waals surface area contributed by atoms with Gasteiger partial charge in [-0.1, -0.05) is 23.7 Å². The van der Waals surface area contributed by atoms with Gasteiger partial charge in [0.2, 0.25) is 0 Å². The summed E-state index contributed by atoms with van der Waals surface area (Å²) in [5.41, 5.74) is 11.7. The molecule has 0 aliphatic carbocycles. The summed E-state index contributed by atoms with van der Waals surface area (Å²) in [5.74, 6) is -2.67. The molecule has 14 heteroatoms. The van der Waals surface area contributed by atoms with Gasteiger partial charge < -0.3 is 36.4 Å². The molecule has 0 spiro atoms. The number of thiazole rings is 1. The Kier molecular flexibility index (Phi) is 9.79. The van der Waals surface area contributed by atoms with Crippen LogP contribution in [0.5, 0.6) is 5.75 Å². The van der Waals surface area contributed by atoms with Crippen molar-refractivity contribution in [1.29, 1.82) is 0 Å². The molecule has 0 radical (unpaired) electrons. The number of nitrogens with two attached hydrogens (primary N) is 2. The van der Waals surface area contributed by atoms with Crippen molar-refractivity contribution in [3.05, 3.63) is 40.4 Å². The van der Waals surface area contributed by atoms with Crippen molar-refractivity contribution in [3.8, 4) is 5.75 Å². The van der Waals surface area contributed by atoms with E-state index in [0.717, 1.165) is 30.6 Å². The number of carboxylic acid groups (broad SMARTS) is 1. The number of aromatic nitrogens is 1. The Balaban J connectivity index is 1.66. The average molecular weight is 517 g/mol. The number of para-hydroxylation sites is 1. The number of anilines is 1. The van der Waals surface area contributed by atoms with Crippen LogP contribution in [0.15, 0.2) is 28.7 Å². The third-order valence-electron chi connectivity index (χ3n) is 5.48. The second kappa shape index (κ2) is 13.0. The first-order chi connectivity index (χ1) is 17.3. The number of benzene rings is 1. The molecule has 1 amide bonds. The minimum Gasteiger partial charge on any atom is -0.535 e. The number of nitrogens with zero attached hydrogens (tertiary/aromatic N) is 2. The molecule has 0 saturated carbocycles. The number of fused-ring (bicyclic) bond motifs is 1. The van der Waals surface area contributed by atoms with Gasteiger partial charge in [0, 0.05) is 24.2 Å². The molecule has 1 aliphatic heterocycles. The molecule has 0 bridgehead atoms. The van der Waals surface area contributed by atoms with Gasteiger partial charge in [0.1, 0.15) is 11.4 Å². The van der Waals surface area contributed by atoms with Gasteiger partial charge in [0.05, 0.1) is 5.56 Å². The smallest absolute Gasteiger partial charge is 0.526 e. The van der Waals surface area contributed by atoms with E-state index in [9.17, 15) is 24.5 Å². The molecule has 0 fully saturated rings. The summed E-state index contributed by atoms with van der Waals surface area (Å²) in [5, 5.41) is 28.1. The van der Waals surface area contributed by atoms with Crippen LogP contribution in [0.3, 0.4) is 0 Å². The molecule has 2 aromatic rings. The number of carbonyl (C=O) groups excluding carboxylic acids is 2. The van der Waals surface area contributed by atoms with Gasteiger partial charge in [-0.3, -0.25) is 9.59 Å². The normalized spacial score (nSPS) is 15.1. The number of unbranched alkanes of at least 4 members (excludes halogenated alkanes) is 2. The lowest BCUT2D eigenvalue weighted by Crippen LogP contribution is -2.37. The standard InChI is InChI=1S/C22H28BN5O7S/c24-7-2-1-3-8-26-18(30)11-34-28-19(16-12-36-22(25)27-16)17(29)10-14-9-13-5-4-6-15(21(31)32)20(13)35-23(14)33/h4-6,12,14,33H,1-3,7-11,24H2,(H2,25,27)(H,26,30)(H,31,32)/b28-19-/t14-/m1/s1. The van der Waals surface area contributed by atoms with Crippen molar-refractivity contribution in [2.75, 3.05) is 25.4 Å². The monoisotopic (exact) mass is 517 g/mol. The topological polar surface area (TPSA) is 199 Å². The summed E-state index contributed by atoms with van der Waals surface area (Å²) in [6.07, 6.45) is 2.59. The Hall–Kier alpha value is -3.49. The number of Topliss-reactive ketones (excluding diaryl/α,β-unsaturated/α-hetero) is 1. The minimum absolute atomic E-state index is 0.0671. The second-order valence-electron chi connectivity index (χ2n) is 8.18. The molecule has 0 saturated heterocycles. The second-order valence-corrected chi connectivity index (χ2v) is 9.07. The molecule has 0 unspecified atom stereocenters. The van der Waals surface area contributed by atoms with E-state index in [0.29, 0.717) is 18.7 Å². The highest BCUT2D eigenvalue weighted by molar-refractivity contribution is 7.13. The SMILES string of the molecule is NCCCCCNC(=O)CO/N=C(\C(=O)C[C@H]1Cc2cccc(C(=O)O)c2OB1O)c1csc(N)n1. The highest BCUT2D eigenvalue weighted by Gasteiger charge is 2.39. The summed E-state index contributed by atoms with van der Waals surface area (Å²) in [6, 6.07) is 4.63. The lowest BCUT2D eigenvalue weighted by Gasteiger charge is -2.28. The molecule has 1 atom stereocenters.